The summed E-state index contributed by atoms with van der Waals surface area (Å²) in [7, 11) is 2.17. The Morgan fingerprint density at radius 3 is 2.23 bits per heavy atom. The predicted molar refractivity (Wildman–Crippen MR) is 216 cm³/mol. The van der Waals surface area contributed by atoms with Gasteiger partial charge in [0, 0.05) is 29.7 Å². The fourth-order valence-electron chi connectivity index (χ4n) is 8.94. The molecule has 2 nitrogen and oxygen atoms in total. The molecule has 52 heavy (non-hydrogen) atoms. The maximum Gasteiger partial charge on any atom is 0.218 e. The van der Waals surface area contributed by atoms with E-state index in [1.54, 1.807) is 0 Å². The number of hydrogen-bond acceptors (Lipinski definition) is 0. The molecule has 254 valence electrons. The van der Waals surface area contributed by atoms with E-state index in [9.17, 15) is 0 Å². The second-order valence-electron chi connectivity index (χ2n) is 16.3. The first kappa shape index (κ1) is 32.3. The van der Waals surface area contributed by atoms with Gasteiger partial charge in [-0.2, -0.15) is 4.57 Å². The molecule has 9 rings (SSSR count). The number of aryl methyl sites for hydroxylation is 1. The number of rotatable bonds is 4. The Kier molecular flexibility index (Phi) is 7.45. The molecule has 0 saturated heterocycles. The highest BCUT2D eigenvalue weighted by atomic mass is 15.0. The first-order valence-electron chi connectivity index (χ1n) is 18.7. The average molecular weight is 675 g/mol. The summed E-state index contributed by atoms with van der Waals surface area (Å²) in [5.41, 5.74) is 18.7. The van der Waals surface area contributed by atoms with E-state index in [2.05, 4.69) is 197 Å². The van der Waals surface area contributed by atoms with Gasteiger partial charge in [0.2, 0.25) is 11.4 Å². The van der Waals surface area contributed by atoms with Crippen LogP contribution in [0.4, 0.5) is 0 Å². The van der Waals surface area contributed by atoms with Gasteiger partial charge in [-0.15, -0.1) is 0 Å². The average Bonchev–Trinajstić information content (AvgIpc) is 3.40. The van der Waals surface area contributed by atoms with Crippen LogP contribution in [0.15, 0.2) is 146 Å². The minimum atomic E-state index is -0.127. The van der Waals surface area contributed by atoms with E-state index >= 15 is 0 Å². The highest BCUT2D eigenvalue weighted by molar-refractivity contribution is 6.00. The molecule has 5 aromatic carbocycles. The molecule has 1 aliphatic heterocycles. The molecule has 2 aliphatic rings. The molecule has 0 amide bonds. The van der Waals surface area contributed by atoms with Crippen molar-refractivity contribution < 1.29 is 9.13 Å². The molecule has 0 unspecified atom stereocenters. The van der Waals surface area contributed by atoms with Gasteiger partial charge in [-0.25, -0.2) is 4.57 Å². The van der Waals surface area contributed by atoms with E-state index < -0.39 is 0 Å². The normalized spacial score (nSPS) is 14.9. The quantitative estimate of drug-likeness (QED) is 0.164. The highest BCUT2D eigenvalue weighted by Gasteiger charge is 2.43. The number of aromatic nitrogens is 2. The molecule has 0 N–H and O–H groups in total. The first-order valence-corrected chi connectivity index (χ1v) is 18.7. The van der Waals surface area contributed by atoms with E-state index in [0.29, 0.717) is 0 Å². The minimum Gasteiger partial charge on any atom is -0.201 e. The van der Waals surface area contributed by atoms with Crippen LogP contribution in [0, 0.1) is 0 Å². The van der Waals surface area contributed by atoms with Crippen LogP contribution in [0.25, 0.3) is 61.2 Å². The fraction of sp³-hybridized carbons (Fsp3) is 0.200. The molecule has 2 heteroatoms. The second kappa shape index (κ2) is 12.0. The third-order valence-electron chi connectivity index (χ3n) is 11.6. The monoisotopic (exact) mass is 674 g/mol. The lowest BCUT2D eigenvalue weighted by Gasteiger charge is -2.28. The van der Waals surface area contributed by atoms with Crippen molar-refractivity contribution in [1.82, 2.24) is 0 Å². The zero-order chi connectivity index (χ0) is 35.8. The van der Waals surface area contributed by atoms with Crippen molar-refractivity contribution in [3.63, 3.8) is 0 Å². The van der Waals surface area contributed by atoms with Gasteiger partial charge in [0.1, 0.15) is 7.05 Å². The number of benzene rings is 5. The Bertz CT molecular complexity index is 2580. The smallest absolute Gasteiger partial charge is 0.201 e. The third-order valence-corrected chi connectivity index (χ3v) is 11.6. The molecule has 0 spiro atoms. The van der Waals surface area contributed by atoms with Crippen LogP contribution >= 0.6 is 0 Å². The maximum absolute atomic E-state index is 2.47. The molecule has 1 aliphatic carbocycles. The summed E-state index contributed by atoms with van der Waals surface area (Å²) in [6.07, 6.45) is 8.69. The van der Waals surface area contributed by atoms with Crippen LogP contribution < -0.4 is 9.13 Å². The number of fused-ring (bicyclic) bond motifs is 9. The molecule has 0 radical (unpaired) electrons. The molecule has 0 bridgehead atoms. The summed E-state index contributed by atoms with van der Waals surface area (Å²) < 4.78 is 4.73. The van der Waals surface area contributed by atoms with Crippen molar-refractivity contribution >= 4 is 16.5 Å². The molecule has 3 heterocycles. The van der Waals surface area contributed by atoms with Crippen molar-refractivity contribution in [3.05, 3.63) is 174 Å². The lowest BCUT2D eigenvalue weighted by Crippen LogP contribution is -2.39. The van der Waals surface area contributed by atoms with E-state index in [4.69, 9.17) is 0 Å². The lowest BCUT2D eigenvalue weighted by molar-refractivity contribution is -0.660. The van der Waals surface area contributed by atoms with Gasteiger partial charge in [0.05, 0.1) is 17.5 Å². The Labute approximate surface area is 308 Å². The van der Waals surface area contributed by atoms with E-state index in [-0.39, 0.29) is 10.8 Å². The van der Waals surface area contributed by atoms with Crippen LogP contribution in [-0.2, 0) is 30.7 Å². The van der Waals surface area contributed by atoms with Crippen molar-refractivity contribution in [3.8, 4) is 44.8 Å². The molecular weight excluding hydrogens is 629 g/mol. The number of pyridine rings is 2. The molecule has 2 aromatic heterocycles. The van der Waals surface area contributed by atoms with Crippen LogP contribution in [0.2, 0.25) is 0 Å². The van der Waals surface area contributed by atoms with Gasteiger partial charge in [-0.1, -0.05) is 126 Å². The maximum atomic E-state index is 2.47. The Morgan fingerprint density at radius 1 is 0.654 bits per heavy atom. The van der Waals surface area contributed by atoms with Crippen molar-refractivity contribution in [2.45, 2.75) is 58.3 Å². The fourth-order valence-corrected chi connectivity index (χ4v) is 8.94. The van der Waals surface area contributed by atoms with Crippen LogP contribution in [0.3, 0.4) is 0 Å². The topological polar surface area (TPSA) is 7.76 Å². The SMILES string of the molecule is C[n+]1ccc(C(C)(C)C)cc1-c1cc(-c2ccccc2)ccc1C/C=C1/Cc2ccc3c(c2-c2cccc[n+]21)C(C)(C)c1c-3ccc2ccccc12. The summed E-state index contributed by atoms with van der Waals surface area (Å²) in [4.78, 5) is 0. The lowest BCUT2D eigenvalue weighted by atomic mass is 9.76. The zero-order valence-electron chi connectivity index (χ0n) is 31.2. The number of nitrogens with zero attached hydrogens (tertiary/aromatic N) is 2. The van der Waals surface area contributed by atoms with Gasteiger partial charge in [-0.3, -0.25) is 0 Å². The summed E-state index contributed by atoms with van der Waals surface area (Å²) in [6, 6.07) is 47.5. The van der Waals surface area contributed by atoms with E-state index in [0.717, 1.165) is 12.8 Å². The largest absolute Gasteiger partial charge is 0.218 e. The van der Waals surface area contributed by atoms with Crippen molar-refractivity contribution in [2.24, 2.45) is 7.05 Å². The van der Waals surface area contributed by atoms with Gasteiger partial charge in [-0.05, 0) is 90.9 Å². The number of hydrogen-bond donors (Lipinski definition) is 0. The van der Waals surface area contributed by atoms with E-state index in [1.807, 2.05) is 0 Å². The molecule has 0 fully saturated rings. The summed E-state index contributed by atoms with van der Waals surface area (Å²) in [5, 5.41) is 2.67. The Balaban J connectivity index is 1.16. The number of allylic oxidation sites excluding steroid dienone is 2. The van der Waals surface area contributed by atoms with Gasteiger partial charge in [0.15, 0.2) is 18.1 Å². The Morgan fingerprint density at radius 2 is 1.40 bits per heavy atom. The van der Waals surface area contributed by atoms with Crippen LogP contribution in [-0.4, -0.2) is 0 Å². The van der Waals surface area contributed by atoms with E-state index in [1.165, 1.54) is 89.1 Å². The third kappa shape index (κ3) is 5.15. The molecule has 0 atom stereocenters. The van der Waals surface area contributed by atoms with Gasteiger partial charge < -0.3 is 0 Å². The standard InChI is InChI=1S/C50H46N2/c1-49(2,3)38-27-29-51(6)45(32-38)43-31-36(33-14-8-7-9-15-33)20-19-35(43)21-24-39-30-37-23-26-42-41-25-22-34-16-10-11-17-40(34)47(41)50(4,5)48(42)46(37)44-18-12-13-28-52(39)44/h7-20,22-29,31-32H,21,30H2,1-6H3/q+2/b39-24-. The summed E-state index contributed by atoms with van der Waals surface area (Å²) >= 11 is 0. The van der Waals surface area contributed by atoms with Crippen molar-refractivity contribution in [1.29, 1.82) is 0 Å². The summed E-state index contributed by atoms with van der Waals surface area (Å²) in [5.74, 6) is 0. The van der Waals surface area contributed by atoms with Gasteiger partial charge >= 0.3 is 0 Å². The highest BCUT2D eigenvalue weighted by Crippen LogP contribution is 2.55. The molecule has 0 saturated carbocycles. The second-order valence-corrected chi connectivity index (χ2v) is 16.3. The minimum absolute atomic E-state index is 0.0568. The van der Waals surface area contributed by atoms with Crippen LogP contribution in [0.5, 0.6) is 0 Å². The van der Waals surface area contributed by atoms with Crippen LogP contribution in [0.1, 0.15) is 62.4 Å². The van der Waals surface area contributed by atoms with Crippen molar-refractivity contribution in [2.75, 3.05) is 0 Å². The summed E-state index contributed by atoms with van der Waals surface area (Å²) in [6.45, 7) is 11.7. The predicted octanol–water partition coefficient (Wildman–Crippen LogP) is 11.2. The van der Waals surface area contributed by atoms with Gasteiger partial charge in [0.25, 0.3) is 0 Å². The Hall–Kier alpha value is -5.60. The zero-order valence-corrected chi connectivity index (χ0v) is 31.2. The first-order chi connectivity index (χ1) is 25.1. The molecular formula is C50H46N2+2. The molecule has 7 aromatic rings.